The molecule has 39 heavy (non-hydrogen) atoms. The molecule has 0 saturated carbocycles. The zero-order valence-corrected chi connectivity index (χ0v) is 21.2. The van der Waals surface area contributed by atoms with E-state index < -0.39 is 5.54 Å². The summed E-state index contributed by atoms with van der Waals surface area (Å²) < 4.78 is 4.19. The van der Waals surface area contributed by atoms with Crippen molar-refractivity contribution in [2.24, 2.45) is 0 Å². The third-order valence-electron chi connectivity index (χ3n) is 7.27. The first-order chi connectivity index (χ1) is 19.3. The number of fused-ring (bicyclic) bond motifs is 1. The van der Waals surface area contributed by atoms with Gasteiger partial charge >= 0.3 is 0 Å². The standard InChI is InChI=1S/C34H25N5/c1-4-12-28(13-5-1)34(29-14-6-2-7-15-29,30-16-8-3-9-17-30)39-25-27(22-37-39)26-19-20-33-36-23-32(38(33)24-26)31-18-10-11-21-35-31/h1-25H. The molecule has 0 fully saturated rings. The van der Waals surface area contributed by atoms with E-state index in [9.17, 15) is 0 Å². The van der Waals surface area contributed by atoms with Gasteiger partial charge in [0.05, 0.1) is 23.8 Å². The second kappa shape index (κ2) is 9.54. The normalized spacial score (nSPS) is 11.6. The van der Waals surface area contributed by atoms with Crippen LogP contribution in [0.4, 0.5) is 0 Å². The van der Waals surface area contributed by atoms with E-state index in [1.807, 2.05) is 36.7 Å². The summed E-state index contributed by atoms with van der Waals surface area (Å²) in [5, 5.41) is 5.02. The monoisotopic (exact) mass is 503 g/mol. The number of hydrogen-bond acceptors (Lipinski definition) is 3. The molecule has 0 aliphatic rings. The van der Waals surface area contributed by atoms with Crippen LogP contribution >= 0.6 is 0 Å². The SMILES string of the molecule is c1ccc(C(c2ccccc2)(c2ccccc2)n2cc(-c3ccc4ncc(-c5ccccn5)n4c3)cn2)cc1. The maximum Gasteiger partial charge on any atom is 0.138 e. The van der Waals surface area contributed by atoms with Crippen molar-refractivity contribution in [2.75, 3.05) is 0 Å². The maximum atomic E-state index is 5.02. The van der Waals surface area contributed by atoms with Gasteiger partial charge in [-0.1, -0.05) is 97.1 Å². The van der Waals surface area contributed by atoms with Gasteiger partial charge in [0.2, 0.25) is 0 Å². The van der Waals surface area contributed by atoms with Crippen molar-refractivity contribution < 1.29 is 0 Å². The van der Waals surface area contributed by atoms with E-state index in [2.05, 4.69) is 129 Å². The first-order valence-electron chi connectivity index (χ1n) is 12.9. The van der Waals surface area contributed by atoms with Crippen LogP contribution < -0.4 is 0 Å². The zero-order chi connectivity index (χ0) is 26.1. The highest BCUT2D eigenvalue weighted by molar-refractivity contribution is 5.67. The summed E-state index contributed by atoms with van der Waals surface area (Å²) in [7, 11) is 0. The molecular weight excluding hydrogens is 478 g/mol. The van der Waals surface area contributed by atoms with Crippen LogP contribution in [-0.4, -0.2) is 24.1 Å². The molecule has 0 atom stereocenters. The Morgan fingerprint density at radius 1 is 0.513 bits per heavy atom. The molecule has 186 valence electrons. The number of hydrogen-bond donors (Lipinski definition) is 0. The molecule has 7 rings (SSSR count). The second-order valence-electron chi connectivity index (χ2n) is 9.49. The third kappa shape index (κ3) is 3.83. The number of benzene rings is 3. The summed E-state index contributed by atoms with van der Waals surface area (Å²) in [6.45, 7) is 0. The number of aromatic nitrogens is 5. The van der Waals surface area contributed by atoms with Crippen molar-refractivity contribution in [1.29, 1.82) is 0 Å². The minimum absolute atomic E-state index is 0.653. The molecule has 0 aliphatic heterocycles. The first kappa shape index (κ1) is 22.9. The number of pyridine rings is 2. The lowest BCUT2D eigenvalue weighted by Crippen LogP contribution is -2.38. The molecule has 0 amide bonds. The van der Waals surface area contributed by atoms with Crippen molar-refractivity contribution in [1.82, 2.24) is 24.1 Å². The minimum Gasteiger partial charge on any atom is -0.298 e. The molecule has 4 heterocycles. The minimum atomic E-state index is -0.653. The molecule has 3 aromatic carbocycles. The zero-order valence-electron chi connectivity index (χ0n) is 21.2. The van der Waals surface area contributed by atoms with Gasteiger partial charge in [-0.25, -0.2) is 4.98 Å². The van der Waals surface area contributed by atoms with Gasteiger partial charge < -0.3 is 0 Å². The molecule has 0 N–H and O–H groups in total. The predicted octanol–water partition coefficient (Wildman–Crippen LogP) is 7.10. The van der Waals surface area contributed by atoms with Gasteiger partial charge in [-0.15, -0.1) is 0 Å². The van der Waals surface area contributed by atoms with E-state index in [1.165, 1.54) is 0 Å². The molecule has 4 aromatic heterocycles. The molecule has 0 radical (unpaired) electrons. The smallest absolute Gasteiger partial charge is 0.138 e. The Hall–Kier alpha value is -5.29. The summed E-state index contributed by atoms with van der Waals surface area (Å²) in [4.78, 5) is 9.13. The fraction of sp³-hybridized carbons (Fsp3) is 0.0294. The van der Waals surface area contributed by atoms with E-state index >= 15 is 0 Å². The Kier molecular flexibility index (Phi) is 5.60. The largest absolute Gasteiger partial charge is 0.298 e. The Bertz CT molecular complexity index is 1740. The lowest BCUT2D eigenvalue weighted by Gasteiger charge is -2.36. The Balaban J connectivity index is 1.43. The van der Waals surface area contributed by atoms with Gasteiger partial charge in [0, 0.05) is 29.7 Å². The summed E-state index contributed by atoms with van der Waals surface area (Å²) in [6.07, 6.45) is 9.88. The molecule has 0 saturated heterocycles. The van der Waals surface area contributed by atoms with Gasteiger partial charge in [-0.2, -0.15) is 5.10 Å². The maximum absolute atomic E-state index is 5.02. The highest BCUT2D eigenvalue weighted by atomic mass is 15.3. The van der Waals surface area contributed by atoms with Crippen LogP contribution in [0, 0.1) is 0 Å². The lowest BCUT2D eigenvalue weighted by molar-refractivity contribution is 0.460. The van der Waals surface area contributed by atoms with Crippen LogP contribution in [0.15, 0.2) is 152 Å². The first-order valence-corrected chi connectivity index (χ1v) is 12.9. The summed E-state index contributed by atoms with van der Waals surface area (Å²) in [5.41, 5.74) is 7.54. The van der Waals surface area contributed by atoms with Crippen LogP contribution in [0.5, 0.6) is 0 Å². The average Bonchev–Trinajstić information content (AvgIpc) is 3.68. The Morgan fingerprint density at radius 3 is 1.72 bits per heavy atom. The lowest BCUT2D eigenvalue weighted by atomic mass is 9.77. The third-order valence-corrected chi connectivity index (χ3v) is 7.27. The molecule has 7 aromatic rings. The Morgan fingerprint density at radius 2 is 1.13 bits per heavy atom. The van der Waals surface area contributed by atoms with Crippen LogP contribution in [0.1, 0.15) is 16.7 Å². The Labute approximate surface area is 226 Å². The number of rotatable bonds is 6. The van der Waals surface area contributed by atoms with Crippen LogP contribution in [0.25, 0.3) is 28.2 Å². The fourth-order valence-electron chi connectivity index (χ4n) is 5.45. The van der Waals surface area contributed by atoms with Crippen LogP contribution in [-0.2, 0) is 5.54 Å². The van der Waals surface area contributed by atoms with E-state index in [0.717, 1.165) is 44.9 Å². The quantitative estimate of drug-likeness (QED) is 0.227. The molecule has 0 bridgehead atoms. The van der Waals surface area contributed by atoms with Gasteiger partial charge in [0.1, 0.15) is 11.2 Å². The molecule has 0 spiro atoms. The topological polar surface area (TPSA) is 48.0 Å². The molecule has 0 aliphatic carbocycles. The van der Waals surface area contributed by atoms with Gasteiger partial charge in [-0.05, 0) is 41.0 Å². The van der Waals surface area contributed by atoms with E-state index in [-0.39, 0.29) is 0 Å². The number of imidazole rings is 1. The van der Waals surface area contributed by atoms with Crippen molar-refractivity contribution >= 4 is 5.65 Å². The molecule has 0 unspecified atom stereocenters. The van der Waals surface area contributed by atoms with Gasteiger partial charge in [0.15, 0.2) is 0 Å². The predicted molar refractivity (Wildman–Crippen MR) is 154 cm³/mol. The van der Waals surface area contributed by atoms with Crippen molar-refractivity contribution in [3.8, 4) is 22.5 Å². The summed E-state index contributed by atoms with van der Waals surface area (Å²) in [5.74, 6) is 0. The van der Waals surface area contributed by atoms with E-state index in [1.54, 1.807) is 6.20 Å². The van der Waals surface area contributed by atoms with Crippen LogP contribution in [0.2, 0.25) is 0 Å². The summed E-state index contributed by atoms with van der Waals surface area (Å²) in [6, 6.07) is 41.8. The van der Waals surface area contributed by atoms with E-state index in [4.69, 9.17) is 5.10 Å². The van der Waals surface area contributed by atoms with Crippen molar-refractivity contribution in [3.63, 3.8) is 0 Å². The van der Waals surface area contributed by atoms with E-state index in [0.29, 0.717) is 0 Å². The molecule has 5 nitrogen and oxygen atoms in total. The highest BCUT2D eigenvalue weighted by Crippen LogP contribution is 2.41. The van der Waals surface area contributed by atoms with Gasteiger partial charge in [-0.3, -0.25) is 14.1 Å². The fourth-order valence-corrected chi connectivity index (χ4v) is 5.45. The second-order valence-corrected chi connectivity index (χ2v) is 9.49. The average molecular weight is 504 g/mol. The van der Waals surface area contributed by atoms with Crippen molar-refractivity contribution in [3.05, 3.63) is 169 Å². The van der Waals surface area contributed by atoms with Crippen molar-refractivity contribution in [2.45, 2.75) is 5.54 Å². The number of nitrogens with zero attached hydrogens (tertiary/aromatic N) is 5. The highest BCUT2D eigenvalue weighted by Gasteiger charge is 2.39. The summed E-state index contributed by atoms with van der Waals surface area (Å²) >= 11 is 0. The van der Waals surface area contributed by atoms with Crippen LogP contribution in [0.3, 0.4) is 0 Å². The molecular formula is C34H25N5. The molecule has 5 heteroatoms. The van der Waals surface area contributed by atoms with Gasteiger partial charge in [0.25, 0.3) is 0 Å².